The molecule has 6 rings (SSSR count). The van der Waals surface area contributed by atoms with E-state index in [1.54, 1.807) is 49.4 Å². The van der Waals surface area contributed by atoms with Crippen molar-refractivity contribution < 1.29 is 17.9 Å². The average molecular weight is 620 g/mol. The summed E-state index contributed by atoms with van der Waals surface area (Å²) in [6, 6.07) is 14.2. The van der Waals surface area contributed by atoms with Crippen molar-refractivity contribution in [3.63, 3.8) is 0 Å². The number of nitrogens with zero attached hydrogens (tertiary/aromatic N) is 5. The molecule has 2 aromatic carbocycles. The van der Waals surface area contributed by atoms with Crippen LogP contribution in [0.2, 0.25) is 5.02 Å². The highest BCUT2D eigenvalue weighted by Gasteiger charge is 2.29. The van der Waals surface area contributed by atoms with Crippen molar-refractivity contribution in [2.45, 2.75) is 19.1 Å². The molecular weight excluding hydrogens is 599 g/mol. The van der Waals surface area contributed by atoms with E-state index in [4.69, 9.17) is 11.6 Å². The Labute approximate surface area is 251 Å². The summed E-state index contributed by atoms with van der Waals surface area (Å²) in [7, 11) is 0. The third kappa shape index (κ3) is 5.44. The Morgan fingerprint density at radius 3 is 2.45 bits per heavy atom. The highest BCUT2D eigenvalue weighted by atomic mass is 35.5. The maximum Gasteiger partial charge on any atom is 0.422 e. The molecule has 1 atom stereocenters. The number of aromatic amines is 1. The number of ether oxygens (including phenoxy) is 1. The van der Waals surface area contributed by atoms with Gasteiger partial charge in [0.15, 0.2) is 12.0 Å². The third-order valence-electron chi connectivity index (χ3n) is 6.81. The Bertz CT molecular complexity index is 2110. The molecule has 0 saturated carbocycles. The maximum absolute atomic E-state index is 14.4. The maximum atomic E-state index is 14.4. The first-order chi connectivity index (χ1) is 21.1. The first-order valence-electron chi connectivity index (χ1n) is 13.2. The molecule has 0 aliphatic heterocycles. The van der Waals surface area contributed by atoms with Gasteiger partial charge in [0.1, 0.15) is 23.2 Å². The summed E-state index contributed by atoms with van der Waals surface area (Å²) in [6.45, 7) is 0.251. The second-order valence-corrected chi connectivity index (χ2v) is 10.1. The van der Waals surface area contributed by atoms with Gasteiger partial charge in [0.05, 0.1) is 22.1 Å². The van der Waals surface area contributed by atoms with Crippen molar-refractivity contribution in [3.8, 4) is 22.8 Å². The minimum absolute atomic E-state index is 0.244. The predicted octanol–water partition coefficient (Wildman–Crippen LogP) is 5.85. The molecule has 6 aromatic rings. The van der Waals surface area contributed by atoms with Crippen LogP contribution < -0.4 is 21.0 Å². The number of rotatable bonds is 7. The number of para-hydroxylation sites is 1. The molecule has 0 saturated heterocycles. The smallest absolute Gasteiger partial charge is 0.422 e. The SMILES string of the molecule is C[C@H](Nc1ncnc2[nH]ccc(=O)c12)c1c(Cl)c2cccc(-c3cnc(OCC(F)(F)F)nc3)c2c(=O)n1-c1ccccc1. The minimum Gasteiger partial charge on any atom is -0.454 e. The number of H-pyrrole nitrogens is 1. The van der Waals surface area contributed by atoms with Crippen molar-refractivity contribution in [2.75, 3.05) is 11.9 Å². The molecule has 10 nitrogen and oxygen atoms in total. The van der Waals surface area contributed by atoms with Crippen LogP contribution >= 0.6 is 11.6 Å². The van der Waals surface area contributed by atoms with Crippen LogP contribution in [0.15, 0.2) is 89.1 Å². The average Bonchev–Trinajstić information content (AvgIpc) is 3.01. The summed E-state index contributed by atoms with van der Waals surface area (Å²) in [4.78, 5) is 46.2. The monoisotopic (exact) mass is 619 g/mol. The normalized spacial score (nSPS) is 12.4. The van der Waals surface area contributed by atoms with Gasteiger partial charge in [-0.3, -0.25) is 14.2 Å². The molecule has 222 valence electrons. The number of aromatic nitrogens is 6. The summed E-state index contributed by atoms with van der Waals surface area (Å²) in [5.41, 5.74) is 1.35. The fraction of sp³-hybridized carbons (Fsp3) is 0.133. The van der Waals surface area contributed by atoms with Crippen molar-refractivity contribution in [1.82, 2.24) is 29.5 Å². The third-order valence-corrected chi connectivity index (χ3v) is 7.21. The van der Waals surface area contributed by atoms with Gasteiger partial charge in [-0.2, -0.15) is 13.2 Å². The van der Waals surface area contributed by atoms with Gasteiger partial charge < -0.3 is 15.0 Å². The molecule has 0 fully saturated rings. The Hall–Kier alpha value is -5.30. The molecular formula is C30H21ClF3N7O3. The first-order valence-corrected chi connectivity index (χ1v) is 13.5. The molecule has 0 amide bonds. The van der Waals surface area contributed by atoms with Crippen molar-refractivity contribution in [1.29, 1.82) is 0 Å². The Balaban J connectivity index is 1.52. The zero-order chi connectivity index (χ0) is 31.0. The van der Waals surface area contributed by atoms with Gasteiger partial charge in [0.2, 0.25) is 0 Å². The fourth-order valence-electron chi connectivity index (χ4n) is 4.95. The van der Waals surface area contributed by atoms with Gasteiger partial charge in [-0.25, -0.2) is 19.9 Å². The van der Waals surface area contributed by atoms with Gasteiger partial charge in [-0.05, 0) is 24.6 Å². The standard InChI is InChI=1S/C30H21ClF3N7O3/c1-16(40-27-23-21(42)10-11-35-26(23)38-15-39-27)25-24(31)20-9-5-8-19(17-12-36-29(37-13-17)44-14-30(32,33)34)22(20)28(43)41(25)18-6-3-2-4-7-18/h2-13,15-16H,14H2,1H3,(H2,35,38,39,40,42)/t16-/m0/s1. The van der Waals surface area contributed by atoms with Crippen LogP contribution in [0.3, 0.4) is 0 Å². The molecule has 2 N–H and O–H groups in total. The van der Waals surface area contributed by atoms with Gasteiger partial charge in [-0.1, -0.05) is 48.0 Å². The molecule has 0 radical (unpaired) electrons. The van der Waals surface area contributed by atoms with Gasteiger partial charge in [0.25, 0.3) is 5.56 Å². The van der Waals surface area contributed by atoms with E-state index in [0.29, 0.717) is 33.5 Å². The number of anilines is 1. The van der Waals surface area contributed by atoms with Crippen LogP contribution in [-0.4, -0.2) is 42.3 Å². The number of pyridine rings is 2. The second-order valence-electron chi connectivity index (χ2n) is 9.72. The number of halogens is 4. The van der Waals surface area contributed by atoms with E-state index in [2.05, 4.69) is 35.0 Å². The fourth-order valence-corrected chi connectivity index (χ4v) is 5.35. The molecule has 44 heavy (non-hydrogen) atoms. The van der Waals surface area contributed by atoms with Crippen LogP contribution in [0.4, 0.5) is 19.0 Å². The lowest BCUT2D eigenvalue weighted by Crippen LogP contribution is -2.27. The Morgan fingerprint density at radius 2 is 1.73 bits per heavy atom. The van der Waals surface area contributed by atoms with Crippen LogP contribution in [0.25, 0.3) is 38.6 Å². The number of hydrogen-bond donors (Lipinski definition) is 2. The van der Waals surface area contributed by atoms with Crippen LogP contribution in [-0.2, 0) is 0 Å². The summed E-state index contributed by atoms with van der Waals surface area (Å²) in [5, 5.41) is 4.40. The van der Waals surface area contributed by atoms with Crippen LogP contribution in [0, 0.1) is 0 Å². The molecule has 0 unspecified atom stereocenters. The zero-order valence-corrected chi connectivity index (χ0v) is 23.5. The number of alkyl halides is 3. The van der Waals surface area contributed by atoms with Gasteiger partial charge >= 0.3 is 12.2 Å². The molecule has 14 heteroatoms. The Kier molecular flexibility index (Phi) is 7.47. The summed E-state index contributed by atoms with van der Waals surface area (Å²) in [6.07, 6.45) is 0.821. The van der Waals surface area contributed by atoms with E-state index in [1.807, 2.05) is 6.07 Å². The highest BCUT2D eigenvalue weighted by Crippen LogP contribution is 2.36. The van der Waals surface area contributed by atoms with Crippen molar-refractivity contribution in [2.24, 2.45) is 0 Å². The first kappa shape index (κ1) is 28.8. The number of fused-ring (bicyclic) bond motifs is 2. The molecule has 0 spiro atoms. The van der Waals surface area contributed by atoms with E-state index in [9.17, 15) is 22.8 Å². The largest absolute Gasteiger partial charge is 0.454 e. The second kappa shape index (κ2) is 11.4. The van der Waals surface area contributed by atoms with E-state index in [1.165, 1.54) is 35.6 Å². The quantitative estimate of drug-likeness (QED) is 0.228. The van der Waals surface area contributed by atoms with Crippen molar-refractivity contribution in [3.05, 3.63) is 111 Å². The van der Waals surface area contributed by atoms with Crippen LogP contribution in [0.1, 0.15) is 18.7 Å². The molecule has 4 aromatic heterocycles. The molecule has 0 aliphatic carbocycles. The summed E-state index contributed by atoms with van der Waals surface area (Å²) in [5.74, 6) is 0.256. The lowest BCUT2D eigenvalue weighted by molar-refractivity contribution is -0.154. The van der Waals surface area contributed by atoms with E-state index in [-0.39, 0.29) is 27.0 Å². The molecule has 0 bridgehead atoms. The highest BCUT2D eigenvalue weighted by molar-refractivity contribution is 6.36. The topological polar surface area (TPSA) is 128 Å². The predicted molar refractivity (Wildman–Crippen MR) is 159 cm³/mol. The lowest BCUT2D eigenvalue weighted by Gasteiger charge is -2.24. The molecule has 0 aliphatic rings. The van der Waals surface area contributed by atoms with E-state index >= 15 is 0 Å². The lowest BCUT2D eigenvalue weighted by atomic mass is 9.99. The van der Waals surface area contributed by atoms with E-state index < -0.39 is 30.4 Å². The Morgan fingerprint density at radius 1 is 0.977 bits per heavy atom. The summed E-state index contributed by atoms with van der Waals surface area (Å²) < 4.78 is 43.8. The zero-order valence-electron chi connectivity index (χ0n) is 22.8. The van der Waals surface area contributed by atoms with Gasteiger partial charge in [0, 0.05) is 41.3 Å². The minimum atomic E-state index is -4.54. The number of nitrogens with one attached hydrogen (secondary N) is 2. The summed E-state index contributed by atoms with van der Waals surface area (Å²) >= 11 is 7.09. The van der Waals surface area contributed by atoms with Crippen molar-refractivity contribution >= 4 is 39.2 Å². The molecule has 4 heterocycles. The van der Waals surface area contributed by atoms with Gasteiger partial charge in [-0.15, -0.1) is 0 Å². The van der Waals surface area contributed by atoms with Crippen LogP contribution in [0.5, 0.6) is 6.01 Å². The van der Waals surface area contributed by atoms with E-state index in [0.717, 1.165) is 0 Å². The number of benzene rings is 2. The number of hydrogen-bond acceptors (Lipinski definition) is 8.